The lowest BCUT2D eigenvalue weighted by atomic mass is 9.84. The van der Waals surface area contributed by atoms with Gasteiger partial charge in [-0.25, -0.2) is 0 Å². The summed E-state index contributed by atoms with van der Waals surface area (Å²) in [6.45, 7) is 15.1. The summed E-state index contributed by atoms with van der Waals surface area (Å²) in [6, 6.07) is 0. The van der Waals surface area contributed by atoms with Crippen molar-refractivity contribution < 1.29 is 4.74 Å². The Morgan fingerprint density at radius 1 is 1.27 bits per heavy atom. The molecule has 0 saturated heterocycles. The molecule has 2 nitrogen and oxygen atoms in total. The molecule has 0 spiro atoms. The van der Waals surface area contributed by atoms with Gasteiger partial charge in [0.15, 0.2) is 0 Å². The van der Waals surface area contributed by atoms with Gasteiger partial charge in [0.25, 0.3) is 0 Å². The first-order valence-corrected chi connectivity index (χ1v) is 6.32. The Morgan fingerprint density at radius 3 is 2.40 bits per heavy atom. The van der Waals surface area contributed by atoms with Gasteiger partial charge in [-0.2, -0.15) is 0 Å². The summed E-state index contributed by atoms with van der Waals surface area (Å²) in [4.78, 5) is 0. The zero-order valence-corrected chi connectivity index (χ0v) is 11.2. The monoisotopic (exact) mass is 215 g/mol. The van der Waals surface area contributed by atoms with E-state index in [9.17, 15) is 0 Å². The van der Waals surface area contributed by atoms with Gasteiger partial charge in [-0.1, -0.05) is 34.6 Å². The Morgan fingerprint density at radius 2 is 1.93 bits per heavy atom. The van der Waals surface area contributed by atoms with Gasteiger partial charge in [0.05, 0.1) is 0 Å². The molecule has 0 aliphatic rings. The van der Waals surface area contributed by atoms with Crippen molar-refractivity contribution in [1.82, 2.24) is 5.32 Å². The second-order valence-electron chi connectivity index (χ2n) is 5.16. The summed E-state index contributed by atoms with van der Waals surface area (Å²) >= 11 is 0. The first kappa shape index (κ1) is 14.9. The summed E-state index contributed by atoms with van der Waals surface area (Å²) in [5.74, 6) is 0.645. The van der Waals surface area contributed by atoms with Crippen molar-refractivity contribution in [3.8, 4) is 0 Å². The number of hydrogen-bond acceptors (Lipinski definition) is 2. The normalized spacial score (nSPS) is 15.6. The van der Waals surface area contributed by atoms with Gasteiger partial charge in [0, 0.05) is 19.8 Å². The maximum absolute atomic E-state index is 5.64. The van der Waals surface area contributed by atoms with Crippen LogP contribution in [-0.4, -0.2) is 26.3 Å². The minimum Gasteiger partial charge on any atom is -0.381 e. The molecule has 0 aliphatic carbocycles. The van der Waals surface area contributed by atoms with Gasteiger partial charge in [-0.05, 0) is 30.7 Å². The van der Waals surface area contributed by atoms with E-state index < -0.39 is 0 Å². The van der Waals surface area contributed by atoms with E-state index in [1.54, 1.807) is 0 Å². The van der Waals surface area contributed by atoms with Gasteiger partial charge in [-0.15, -0.1) is 0 Å². The molecule has 0 aliphatic heterocycles. The molecule has 0 heterocycles. The average molecular weight is 215 g/mol. The van der Waals surface area contributed by atoms with Crippen LogP contribution in [0.15, 0.2) is 0 Å². The molecule has 0 aromatic carbocycles. The van der Waals surface area contributed by atoms with Crippen LogP contribution >= 0.6 is 0 Å². The van der Waals surface area contributed by atoms with Gasteiger partial charge in [0.2, 0.25) is 0 Å². The Bertz CT molecular complexity index is 147. The SMILES string of the molecule is CCNCC(C)(CC)CCOCC(C)C. The maximum atomic E-state index is 5.64. The van der Waals surface area contributed by atoms with Crippen LogP contribution in [0.5, 0.6) is 0 Å². The highest BCUT2D eigenvalue weighted by atomic mass is 16.5. The molecule has 0 radical (unpaired) electrons. The Labute approximate surface area is 95.8 Å². The zero-order chi connectivity index (χ0) is 11.7. The standard InChI is InChI=1S/C13H29NO/c1-6-13(5,11-14-7-2)8-9-15-10-12(3)4/h12,14H,6-11H2,1-5H3. The van der Waals surface area contributed by atoms with E-state index >= 15 is 0 Å². The van der Waals surface area contributed by atoms with Gasteiger partial charge < -0.3 is 10.1 Å². The summed E-state index contributed by atoms with van der Waals surface area (Å²) in [6.07, 6.45) is 2.37. The van der Waals surface area contributed by atoms with E-state index in [0.29, 0.717) is 11.3 Å². The second kappa shape index (κ2) is 8.12. The third kappa shape index (κ3) is 7.80. The fraction of sp³-hybridized carbons (Fsp3) is 1.00. The van der Waals surface area contributed by atoms with E-state index in [2.05, 4.69) is 39.9 Å². The number of hydrogen-bond donors (Lipinski definition) is 1. The topological polar surface area (TPSA) is 21.3 Å². The highest BCUT2D eigenvalue weighted by Gasteiger charge is 2.20. The van der Waals surface area contributed by atoms with Gasteiger partial charge in [0.1, 0.15) is 0 Å². The number of nitrogens with one attached hydrogen (secondary N) is 1. The lowest BCUT2D eigenvalue weighted by Crippen LogP contribution is -2.32. The van der Waals surface area contributed by atoms with Crippen LogP contribution in [0.1, 0.15) is 47.5 Å². The van der Waals surface area contributed by atoms with Crippen molar-refractivity contribution in [2.75, 3.05) is 26.3 Å². The molecule has 15 heavy (non-hydrogen) atoms. The summed E-state index contributed by atoms with van der Waals surface area (Å²) in [5.41, 5.74) is 0.396. The van der Waals surface area contributed by atoms with E-state index in [-0.39, 0.29) is 0 Å². The van der Waals surface area contributed by atoms with Crippen molar-refractivity contribution in [1.29, 1.82) is 0 Å². The molecule has 1 N–H and O–H groups in total. The molecule has 0 saturated carbocycles. The minimum atomic E-state index is 0.396. The molecular weight excluding hydrogens is 186 g/mol. The fourth-order valence-electron chi connectivity index (χ4n) is 1.45. The average Bonchev–Trinajstić information content (AvgIpc) is 2.21. The van der Waals surface area contributed by atoms with Gasteiger partial charge in [-0.3, -0.25) is 0 Å². The van der Waals surface area contributed by atoms with E-state index in [1.165, 1.54) is 6.42 Å². The van der Waals surface area contributed by atoms with Crippen LogP contribution in [0.25, 0.3) is 0 Å². The molecule has 0 fully saturated rings. The molecule has 2 heteroatoms. The van der Waals surface area contributed by atoms with Crippen molar-refractivity contribution in [2.24, 2.45) is 11.3 Å². The highest BCUT2D eigenvalue weighted by Crippen LogP contribution is 2.24. The lowest BCUT2D eigenvalue weighted by molar-refractivity contribution is 0.0791. The first-order valence-electron chi connectivity index (χ1n) is 6.32. The molecule has 0 bridgehead atoms. The van der Waals surface area contributed by atoms with Crippen LogP contribution in [0, 0.1) is 11.3 Å². The van der Waals surface area contributed by atoms with Crippen molar-refractivity contribution in [3.05, 3.63) is 0 Å². The zero-order valence-electron chi connectivity index (χ0n) is 11.2. The van der Waals surface area contributed by atoms with Crippen LogP contribution in [-0.2, 0) is 4.74 Å². The third-order valence-corrected chi connectivity index (χ3v) is 2.96. The molecule has 0 aromatic rings. The van der Waals surface area contributed by atoms with Crippen LogP contribution in [0.4, 0.5) is 0 Å². The quantitative estimate of drug-likeness (QED) is 0.597. The van der Waals surface area contributed by atoms with E-state index in [4.69, 9.17) is 4.74 Å². The molecule has 1 atom stereocenters. The number of rotatable bonds is 9. The molecule has 0 aromatic heterocycles. The Kier molecular flexibility index (Phi) is 8.07. The second-order valence-corrected chi connectivity index (χ2v) is 5.16. The summed E-state index contributed by atoms with van der Waals surface area (Å²) < 4.78 is 5.64. The molecule has 1 unspecified atom stereocenters. The largest absolute Gasteiger partial charge is 0.381 e. The molecule has 92 valence electrons. The molecular formula is C13H29NO. The molecule has 0 rings (SSSR count). The first-order chi connectivity index (χ1) is 7.04. The van der Waals surface area contributed by atoms with E-state index in [1.807, 2.05) is 0 Å². The van der Waals surface area contributed by atoms with Crippen molar-refractivity contribution in [3.63, 3.8) is 0 Å². The van der Waals surface area contributed by atoms with Crippen LogP contribution in [0.2, 0.25) is 0 Å². The van der Waals surface area contributed by atoms with Gasteiger partial charge >= 0.3 is 0 Å². The number of ether oxygens (including phenoxy) is 1. The van der Waals surface area contributed by atoms with E-state index in [0.717, 1.165) is 32.7 Å². The maximum Gasteiger partial charge on any atom is 0.0488 e. The van der Waals surface area contributed by atoms with Crippen molar-refractivity contribution in [2.45, 2.75) is 47.5 Å². The minimum absolute atomic E-state index is 0.396. The highest BCUT2D eigenvalue weighted by molar-refractivity contribution is 4.74. The summed E-state index contributed by atoms with van der Waals surface area (Å²) in [7, 11) is 0. The summed E-state index contributed by atoms with van der Waals surface area (Å²) in [5, 5.41) is 3.43. The Balaban J connectivity index is 3.67. The lowest BCUT2D eigenvalue weighted by Gasteiger charge is -2.28. The third-order valence-electron chi connectivity index (χ3n) is 2.96. The molecule has 0 amide bonds. The van der Waals surface area contributed by atoms with Crippen LogP contribution < -0.4 is 5.32 Å². The Hall–Kier alpha value is -0.0800. The fourth-order valence-corrected chi connectivity index (χ4v) is 1.45. The predicted octanol–water partition coefficient (Wildman–Crippen LogP) is 3.07. The van der Waals surface area contributed by atoms with Crippen LogP contribution in [0.3, 0.4) is 0 Å². The van der Waals surface area contributed by atoms with Crippen molar-refractivity contribution >= 4 is 0 Å². The predicted molar refractivity (Wildman–Crippen MR) is 67.2 cm³/mol. The smallest absolute Gasteiger partial charge is 0.0488 e.